The van der Waals surface area contributed by atoms with Crippen LogP contribution in [0.3, 0.4) is 0 Å². The van der Waals surface area contributed by atoms with Gasteiger partial charge in [-0.2, -0.15) is 4.39 Å². The topological polar surface area (TPSA) is 63.4 Å². The molecular formula is C7H7F2NO3. The van der Waals surface area contributed by atoms with Gasteiger partial charge < -0.3 is 5.11 Å². The molecule has 0 saturated carbocycles. The molecule has 1 aromatic rings. The van der Waals surface area contributed by atoms with Gasteiger partial charge in [0.1, 0.15) is 0 Å². The van der Waals surface area contributed by atoms with Crippen molar-refractivity contribution in [1.29, 1.82) is 0 Å². The molecule has 0 aliphatic heterocycles. The molecule has 0 aliphatic rings. The fraction of sp³-hybridized carbons (Fsp3) is 0.143. The van der Waals surface area contributed by atoms with E-state index in [9.17, 15) is 18.9 Å². The highest BCUT2D eigenvalue weighted by molar-refractivity contribution is 5.40. The molecule has 72 valence electrons. The molecule has 0 amide bonds. The van der Waals surface area contributed by atoms with E-state index in [1.165, 1.54) is 0 Å². The molecule has 0 aromatic heterocycles. The van der Waals surface area contributed by atoms with Gasteiger partial charge in [-0.15, -0.1) is 0 Å². The molecule has 1 rings (SSSR count). The van der Waals surface area contributed by atoms with Crippen LogP contribution in [0.1, 0.15) is 7.43 Å². The summed E-state index contributed by atoms with van der Waals surface area (Å²) in [6.45, 7) is 0. The number of hydrogen-bond donors (Lipinski definition) is 1. The third kappa shape index (κ3) is 1.90. The molecule has 0 aliphatic carbocycles. The van der Waals surface area contributed by atoms with Crippen molar-refractivity contribution in [2.75, 3.05) is 0 Å². The minimum absolute atomic E-state index is 0. The lowest BCUT2D eigenvalue weighted by Gasteiger charge is -1.96. The predicted molar refractivity (Wildman–Crippen MR) is 41.4 cm³/mol. The van der Waals surface area contributed by atoms with Gasteiger partial charge in [0.2, 0.25) is 5.82 Å². The maximum atomic E-state index is 12.6. The minimum Gasteiger partial charge on any atom is -0.503 e. The van der Waals surface area contributed by atoms with Gasteiger partial charge in [0.05, 0.1) is 4.92 Å². The number of phenolic OH excluding ortho intramolecular Hbond substituents is 1. The molecule has 0 bridgehead atoms. The summed E-state index contributed by atoms with van der Waals surface area (Å²) in [5, 5.41) is 18.6. The van der Waals surface area contributed by atoms with E-state index in [0.717, 1.165) is 0 Å². The van der Waals surface area contributed by atoms with Crippen LogP contribution in [-0.4, -0.2) is 10.0 Å². The zero-order chi connectivity index (χ0) is 9.30. The SMILES string of the molecule is C.O=[N+]([O-])c1ccc(F)c(O)c1F. The summed E-state index contributed by atoms with van der Waals surface area (Å²) in [4.78, 5) is 8.97. The van der Waals surface area contributed by atoms with Gasteiger partial charge in [-0.05, 0) is 6.07 Å². The Morgan fingerprint density at radius 1 is 1.38 bits per heavy atom. The standard InChI is InChI=1S/C6H3F2NO3.CH4/c7-3-1-2-4(9(11)12)5(8)6(3)10;/h1-2,10H;1H4. The summed E-state index contributed by atoms with van der Waals surface area (Å²) in [6, 6.07) is 1.26. The molecule has 1 aromatic carbocycles. The lowest BCUT2D eigenvalue weighted by Crippen LogP contribution is -1.93. The van der Waals surface area contributed by atoms with Gasteiger partial charge >= 0.3 is 5.69 Å². The maximum absolute atomic E-state index is 12.6. The van der Waals surface area contributed by atoms with Gasteiger partial charge in [0.25, 0.3) is 0 Å². The Labute approximate surface area is 72.6 Å². The number of nitrogens with zero attached hydrogens (tertiary/aromatic N) is 1. The summed E-state index contributed by atoms with van der Waals surface area (Å²) in [6.07, 6.45) is 0. The summed E-state index contributed by atoms with van der Waals surface area (Å²) >= 11 is 0. The van der Waals surface area contributed by atoms with E-state index in [0.29, 0.717) is 12.1 Å². The van der Waals surface area contributed by atoms with E-state index in [2.05, 4.69) is 0 Å². The van der Waals surface area contributed by atoms with Gasteiger partial charge in [0.15, 0.2) is 11.6 Å². The molecule has 0 radical (unpaired) electrons. The number of rotatable bonds is 1. The second kappa shape index (κ2) is 3.79. The number of phenols is 1. The van der Waals surface area contributed by atoms with Gasteiger partial charge in [-0.3, -0.25) is 10.1 Å². The number of benzene rings is 1. The van der Waals surface area contributed by atoms with Crippen LogP contribution in [-0.2, 0) is 0 Å². The van der Waals surface area contributed by atoms with Crippen LogP contribution in [0.2, 0.25) is 0 Å². The molecule has 0 unspecified atom stereocenters. The highest BCUT2D eigenvalue weighted by Gasteiger charge is 2.20. The second-order valence-electron chi connectivity index (χ2n) is 1.99. The molecule has 13 heavy (non-hydrogen) atoms. The molecule has 0 heterocycles. The second-order valence-corrected chi connectivity index (χ2v) is 1.99. The number of hydrogen-bond acceptors (Lipinski definition) is 3. The summed E-state index contributed by atoms with van der Waals surface area (Å²) in [5.41, 5.74) is -0.950. The Bertz CT molecular complexity index is 341. The monoisotopic (exact) mass is 191 g/mol. The fourth-order valence-electron chi connectivity index (χ4n) is 0.671. The van der Waals surface area contributed by atoms with Crippen molar-refractivity contribution in [3.05, 3.63) is 33.9 Å². The van der Waals surface area contributed by atoms with Gasteiger partial charge in [0, 0.05) is 6.07 Å². The van der Waals surface area contributed by atoms with Crippen molar-refractivity contribution >= 4 is 5.69 Å². The van der Waals surface area contributed by atoms with Crippen molar-refractivity contribution < 1.29 is 18.8 Å². The summed E-state index contributed by atoms with van der Waals surface area (Å²) in [7, 11) is 0. The summed E-state index contributed by atoms with van der Waals surface area (Å²) in [5.74, 6) is -4.11. The minimum atomic E-state index is -1.56. The highest BCUT2D eigenvalue weighted by Crippen LogP contribution is 2.27. The van der Waals surface area contributed by atoms with E-state index in [1.807, 2.05) is 0 Å². The molecule has 0 saturated heterocycles. The Morgan fingerprint density at radius 2 is 1.92 bits per heavy atom. The molecule has 6 heteroatoms. The van der Waals surface area contributed by atoms with Crippen LogP contribution in [0.5, 0.6) is 5.75 Å². The van der Waals surface area contributed by atoms with Crippen LogP contribution in [0.25, 0.3) is 0 Å². The smallest absolute Gasteiger partial charge is 0.308 e. The van der Waals surface area contributed by atoms with E-state index in [1.54, 1.807) is 0 Å². The van der Waals surface area contributed by atoms with Crippen LogP contribution in [0, 0.1) is 21.7 Å². The van der Waals surface area contributed by atoms with Crippen molar-refractivity contribution in [1.82, 2.24) is 0 Å². The first kappa shape index (κ1) is 11.3. The fourth-order valence-corrected chi connectivity index (χ4v) is 0.671. The zero-order valence-corrected chi connectivity index (χ0v) is 5.62. The Kier molecular flexibility index (Phi) is 3.29. The van der Waals surface area contributed by atoms with Crippen LogP contribution >= 0.6 is 0 Å². The Hall–Kier alpha value is -1.72. The first-order chi connectivity index (χ1) is 5.54. The first-order valence-electron chi connectivity index (χ1n) is 2.85. The Balaban J connectivity index is 0.00000144. The largest absolute Gasteiger partial charge is 0.503 e. The van der Waals surface area contributed by atoms with Crippen molar-refractivity contribution in [3.63, 3.8) is 0 Å². The van der Waals surface area contributed by atoms with Crippen molar-refractivity contribution in [2.24, 2.45) is 0 Å². The van der Waals surface area contributed by atoms with E-state index >= 15 is 0 Å². The number of halogens is 2. The van der Waals surface area contributed by atoms with Crippen molar-refractivity contribution in [2.45, 2.75) is 7.43 Å². The lowest BCUT2D eigenvalue weighted by atomic mass is 10.3. The lowest BCUT2D eigenvalue weighted by molar-refractivity contribution is -0.387. The third-order valence-corrected chi connectivity index (χ3v) is 1.24. The molecule has 0 spiro atoms. The van der Waals surface area contributed by atoms with Gasteiger partial charge in [-0.1, -0.05) is 7.43 Å². The van der Waals surface area contributed by atoms with E-state index in [4.69, 9.17) is 5.11 Å². The number of aromatic hydroxyl groups is 1. The van der Waals surface area contributed by atoms with Crippen LogP contribution < -0.4 is 0 Å². The number of nitro groups is 1. The average molecular weight is 191 g/mol. The highest BCUT2D eigenvalue weighted by atomic mass is 19.1. The van der Waals surface area contributed by atoms with Crippen LogP contribution in [0.4, 0.5) is 14.5 Å². The van der Waals surface area contributed by atoms with E-state index < -0.39 is 28.0 Å². The van der Waals surface area contributed by atoms with E-state index in [-0.39, 0.29) is 7.43 Å². The molecule has 0 atom stereocenters. The average Bonchev–Trinajstić information content (AvgIpc) is 2.00. The molecular weight excluding hydrogens is 184 g/mol. The first-order valence-corrected chi connectivity index (χ1v) is 2.85. The zero-order valence-electron chi connectivity index (χ0n) is 5.62. The molecule has 0 fully saturated rings. The quantitative estimate of drug-likeness (QED) is 0.546. The van der Waals surface area contributed by atoms with Crippen molar-refractivity contribution in [3.8, 4) is 5.75 Å². The predicted octanol–water partition coefficient (Wildman–Crippen LogP) is 2.21. The molecule has 1 N–H and O–H groups in total. The Morgan fingerprint density at radius 3 is 2.38 bits per heavy atom. The third-order valence-electron chi connectivity index (χ3n) is 1.24. The number of nitro benzene ring substituents is 1. The normalized spacial score (nSPS) is 9.08. The maximum Gasteiger partial charge on any atom is 0.308 e. The summed E-state index contributed by atoms with van der Waals surface area (Å²) < 4.78 is 24.9. The van der Waals surface area contributed by atoms with Gasteiger partial charge in [-0.25, -0.2) is 4.39 Å². The molecule has 4 nitrogen and oxygen atoms in total. The van der Waals surface area contributed by atoms with Crippen LogP contribution in [0.15, 0.2) is 12.1 Å².